The number of aromatic nitrogens is 1. The van der Waals surface area contributed by atoms with Crippen molar-refractivity contribution in [3.8, 4) is 0 Å². The molecule has 32 heavy (non-hydrogen) atoms. The van der Waals surface area contributed by atoms with Crippen LogP contribution in [0.4, 0.5) is 5.13 Å². The quantitative estimate of drug-likeness (QED) is 0.375. The maximum atomic E-state index is 13.8. The number of hydrogen-bond acceptors (Lipinski definition) is 5. The van der Waals surface area contributed by atoms with Crippen LogP contribution >= 0.6 is 11.3 Å². The summed E-state index contributed by atoms with van der Waals surface area (Å²) in [5, 5.41) is 0.547. The van der Waals surface area contributed by atoms with Gasteiger partial charge >= 0.3 is 0 Å². The number of sulfone groups is 1. The van der Waals surface area contributed by atoms with Gasteiger partial charge in [0, 0.05) is 0 Å². The van der Waals surface area contributed by atoms with Crippen LogP contribution in [0.1, 0.15) is 34.0 Å². The van der Waals surface area contributed by atoms with Crippen molar-refractivity contribution in [2.75, 3.05) is 10.7 Å². The molecule has 0 bridgehead atoms. The van der Waals surface area contributed by atoms with Gasteiger partial charge in [0.15, 0.2) is 15.0 Å². The number of carbonyl (C=O) groups is 1. The van der Waals surface area contributed by atoms with Crippen molar-refractivity contribution in [3.05, 3.63) is 89.0 Å². The molecule has 5 nitrogen and oxygen atoms in total. The van der Waals surface area contributed by atoms with E-state index < -0.39 is 9.84 Å². The van der Waals surface area contributed by atoms with Gasteiger partial charge in [0.2, 0.25) is 0 Å². The van der Waals surface area contributed by atoms with Crippen LogP contribution < -0.4 is 4.90 Å². The zero-order chi connectivity index (χ0) is 22.9. The largest absolute Gasteiger partial charge is 0.279 e. The van der Waals surface area contributed by atoms with Crippen molar-refractivity contribution in [2.45, 2.75) is 32.2 Å². The van der Waals surface area contributed by atoms with Gasteiger partial charge in [-0.3, -0.25) is 9.69 Å². The number of hydrogen-bond donors (Lipinski definition) is 0. The lowest BCUT2D eigenvalue weighted by atomic mass is 10.1. The minimum absolute atomic E-state index is 0.0543. The average Bonchev–Trinajstić information content (AvgIpc) is 3.22. The van der Waals surface area contributed by atoms with Crippen molar-refractivity contribution < 1.29 is 13.2 Å². The minimum atomic E-state index is -3.56. The van der Waals surface area contributed by atoms with E-state index in [1.165, 1.54) is 17.4 Å². The number of carbonyl (C=O) groups excluding carboxylic acids is 1. The molecule has 0 saturated carbocycles. The maximum absolute atomic E-state index is 13.8. The van der Waals surface area contributed by atoms with E-state index >= 15 is 0 Å². The van der Waals surface area contributed by atoms with Gasteiger partial charge in [0.25, 0.3) is 5.91 Å². The van der Waals surface area contributed by atoms with Crippen LogP contribution in [0.2, 0.25) is 0 Å². The summed E-state index contributed by atoms with van der Waals surface area (Å²) in [4.78, 5) is 20.2. The lowest BCUT2D eigenvalue weighted by Gasteiger charge is -2.21. The Bertz CT molecular complexity index is 1390. The highest BCUT2D eigenvalue weighted by molar-refractivity contribution is 7.91. The van der Waals surface area contributed by atoms with Gasteiger partial charge in [0.1, 0.15) is 0 Å². The monoisotopic (exact) mass is 464 g/mol. The van der Waals surface area contributed by atoms with E-state index in [-0.39, 0.29) is 28.7 Å². The molecule has 0 aliphatic heterocycles. The van der Waals surface area contributed by atoms with Gasteiger partial charge in [-0.15, -0.1) is 0 Å². The molecule has 7 heteroatoms. The fraction of sp³-hybridized carbons (Fsp3) is 0.200. The highest BCUT2D eigenvalue weighted by Gasteiger charge is 2.27. The first kappa shape index (κ1) is 22.2. The third-order valence-corrected chi connectivity index (χ3v) is 8.32. The lowest BCUT2D eigenvalue weighted by molar-refractivity contribution is 0.0982. The minimum Gasteiger partial charge on any atom is -0.279 e. The Hall–Kier alpha value is -3.03. The second kappa shape index (κ2) is 8.84. The molecule has 0 aliphatic rings. The summed E-state index contributed by atoms with van der Waals surface area (Å²) in [6, 6.07) is 20.1. The highest BCUT2D eigenvalue weighted by atomic mass is 32.2. The van der Waals surface area contributed by atoms with Crippen molar-refractivity contribution in [2.24, 2.45) is 0 Å². The molecule has 0 spiro atoms. The summed E-state index contributed by atoms with van der Waals surface area (Å²) in [5.74, 6) is -0.454. The van der Waals surface area contributed by atoms with Crippen LogP contribution in [0.3, 0.4) is 0 Å². The molecule has 4 rings (SSSR count). The van der Waals surface area contributed by atoms with Crippen LogP contribution in [0.5, 0.6) is 0 Å². The standard InChI is InChI=1S/C25H24N2O3S2/c1-4-32(29,30)22-13-9-8-12-20(22)24(28)27(16-19-10-6-5-7-11-19)25-26-21-15-17(2)14-18(3)23(21)31-25/h5-15H,4,16H2,1-3H3. The molecule has 0 N–H and O–H groups in total. The van der Waals surface area contributed by atoms with E-state index in [9.17, 15) is 13.2 Å². The van der Waals surface area contributed by atoms with E-state index in [0.717, 1.165) is 26.9 Å². The molecular formula is C25H24N2O3S2. The number of thiazole rings is 1. The fourth-order valence-electron chi connectivity index (χ4n) is 3.69. The summed E-state index contributed by atoms with van der Waals surface area (Å²) >= 11 is 1.45. The lowest BCUT2D eigenvalue weighted by Crippen LogP contribution is -2.31. The number of nitrogens with zero attached hydrogens (tertiary/aromatic N) is 2. The van der Waals surface area contributed by atoms with E-state index in [2.05, 4.69) is 6.07 Å². The molecule has 3 aromatic carbocycles. The van der Waals surface area contributed by atoms with E-state index in [0.29, 0.717) is 5.13 Å². The van der Waals surface area contributed by atoms with Crippen LogP contribution in [0, 0.1) is 13.8 Å². The highest BCUT2D eigenvalue weighted by Crippen LogP contribution is 2.34. The Kier molecular flexibility index (Phi) is 6.13. The molecular weight excluding hydrogens is 440 g/mol. The van der Waals surface area contributed by atoms with Gasteiger partial charge in [-0.25, -0.2) is 13.4 Å². The maximum Gasteiger partial charge on any atom is 0.261 e. The van der Waals surface area contributed by atoms with Crippen LogP contribution in [-0.4, -0.2) is 25.1 Å². The van der Waals surface area contributed by atoms with Gasteiger partial charge in [-0.2, -0.15) is 0 Å². The molecule has 0 unspecified atom stereocenters. The summed E-state index contributed by atoms with van der Waals surface area (Å²) in [6.45, 7) is 5.92. The Balaban J connectivity index is 1.86. The van der Waals surface area contributed by atoms with Gasteiger partial charge in [-0.1, -0.05) is 66.8 Å². The smallest absolute Gasteiger partial charge is 0.261 e. The molecule has 0 saturated heterocycles. The van der Waals surface area contributed by atoms with Crippen molar-refractivity contribution >= 4 is 42.4 Å². The molecule has 164 valence electrons. The predicted molar refractivity (Wildman–Crippen MR) is 130 cm³/mol. The van der Waals surface area contributed by atoms with Gasteiger partial charge in [-0.05, 0) is 48.7 Å². The topological polar surface area (TPSA) is 67.3 Å². The first-order valence-corrected chi connectivity index (χ1v) is 12.8. The number of benzene rings is 3. The summed E-state index contributed by atoms with van der Waals surface area (Å²) < 4.78 is 26.4. The van der Waals surface area contributed by atoms with Crippen molar-refractivity contribution in [1.29, 1.82) is 0 Å². The molecule has 0 radical (unpaired) electrons. The van der Waals surface area contributed by atoms with Crippen LogP contribution in [-0.2, 0) is 16.4 Å². The van der Waals surface area contributed by atoms with E-state index in [1.54, 1.807) is 30.0 Å². The number of aryl methyl sites for hydroxylation is 2. The van der Waals surface area contributed by atoms with E-state index in [4.69, 9.17) is 4.98 Å². The first-order valence-electron chi connectivity index (χ1n) is 10.4. The first-order chi connectivity index (χ1) is 15.3. The number of rotatable bonds is 6. The molecule has 1 heterocycles. The van der Waals surface area contributed by atoms with Crippen LogP contribution in [0.25, 0.3) is 10.2 Å². The Morgan fingerprint density at radius 2 is 1.69 bits per heavy atom. The number of anilines is 1. The number of fused-ring (bicyclic) bond motifs is 1. The third kappa shape index (κ3) is 4.31. The SMILES string of the molecule is CCS(=O)(=O)c1ccccc1C(=O)N(Cc1ccccc1)c1nc2cc(C)cc(C)c2s1. The van der Waals surface area contributed by atoms with Gasteiger partial charge < -0.3 is 0 Å². The predicted octanol–water partition coefficient (Wildman–Crippen LogP) is 5.55. The molecule has 4 aromatic rings. The summed E-state index contributed by atoms with van der Waals surface area (Å²) in [5.41, 5.74) is 4.14. The normalized spacial score (nSPS) is 11.6. The molecule has 0 fully saturated rings. The van der Waals surface area contributed by atoms with Crippen molar-refractivity contribution in [1.82, 2.24) is 4.98 Å². The zero-order valence-corrected chi connectivity index (χ0v) is 19.8. The fourth-order valence-corrected chi connectivity index (χ4v) is 5.79. The molecule has 1 aromatic heterocycles. The molecule has 1 amide bonds. The van der Waals surface area contributed by atoms with Crippen molar-refractivity contribution in [3.63, 3.8) is 0 Å². The molecule has 0 aliphatic carbocycles. The van der Waals surface area contributed by atoms with E-state index in [1.807, 2.05) is 50.2 Å². The second-order valence-corrected chi connectivity index (χ2v) is 10.9. The Morgan fingerprint density at radius 3 is 2.41 bits per heavy atom. The Morgan fingerprint density at radius 1 is 1.00 bits per heavy atom. The second-order valence-electron chi connectivity index (χ2n) is 7.70. The van der Waals surface area contributed by atoms with Crippen LogP contribution in [0.15, 0.2) is 71.6 Å². The Labute approximate surface area is 192 Å². The third-order valence-electron chi connectivity index (χ3n) is 5.30. The summed E-state index contributed by atoms with van der Waals surface area (Å²) in [7, 11) is -3.56. The summed E-state index contributed by atoms with van der Waals surface area (Å²) in [6.07, 6.45) is 0. The number of amides is 1. The average molecular weight is 465 g/mol. The molecule has 0 atom stereocenters. The van der Waals surface area contributed by atoms with Gasteiger partial charge in [0.05, 0.1) is 33.0 Å². The zero-order valence-electron chi connectivity index (χ0n) is 18.2.